The van der Waals surface area contributed by atoms with E-state index in [4.69, 9.17) is 0 Å². The number of rotatable bonds is 1. The predicted molar refractivity (Wildman–Crippen MR) is 50.3 cm³/mol. The second-order valence-corrected chi connectivity index (χ2v) is 3.91. The third-order valence-electron chi connectivity index (χ3n) is 2.09. The van der Waals surface area contributed by atoms with E-state index in [0.29, 0.717) is 0 Å². The van der Waals surface area contributed by atoms with Crippen LogP contribution in [-0.4, -0.2) is 23.1 Å². The van der Waals surface area contributed by atoms with Crippen molar-refractivity contribution in [2.45, 2.75) is 12.5 Å². The van der Waals surface area contributed by atoms with E-state index >= 15 is 0 Å². The fourth-order valence-corrected chi connectivity index (χ4v) is 1.84. The van der Waals surface area contributed by atoms with Gasteiger partial charge in [0.15, 0.2) is 4.80 Å². The standard InChI is InChI=1S/C8H11N3OS/c1-11-4-5-13-8(11)10-7(12)6-2-3-9-6/h4-6,9H,2-3H2,1H3/t6-/m1/s1. The molecule has 1 saturated heterocycles. The number of carbonyl (C=O) groups is 1. The molecule has 0 aromatic carbocycles. The van der Waals surface area contributed by atoms with Gasteiger partial charge in [-0.3, -0.25) is 4.79 Å². The van der Waals surface area contributed by atoms with Gasteiger partial charge < -0.3 is 9.88 Å². The lowest BCUT2D eigenvalue weighted by molar-refractivity contribution is -0.121. The predicted octanol–water partition coefficient (Wildman–Crippen LogP) is -0.124. The van der Waals surface area contributed by atoms with Crippen molar-refractivity contribution in [2.24, 2.45) is 12.0 Å². The lowest BCUT2D eigenvalue weighted by Crippen LogP contribution is -2.48. The van der Waals surface area contributed by atoms with Gasteiger partial charge in [-0.2, -0.15) is 4.99 Å². The van der Waals surface area contributed by atoms with Gasteiger partial charge in [0.2, 0.25) is 0 Å². The highest BCUT2D eigenvalue weighted by molar-refractivity contribution is 7.07. The van der Waals surface area contributed by atoms with Crippen LogP contribution in [0.25, 0.3) is 0 Å². The van der Waals surface area contributed by atoms with Gasteiger partial charge in [-0.1, -0.05) is 0 Å². The Morgan fingerprint density at radius 2 is 2.62 bits per heavy atom. The van der Waals surface area contributed by atoms with Crippen molar-refractivity contribution in [1.29, 1.82) is 0 Å². The van der Waals surface area contributed by atoms with E-state index in [1.807, 2.05) is 23.2 Å². The van der Waals surface area contributed by atoms with Crippen LogP contribution in [0.1, 0.15) is 6.42 Å². The van der Waals surface area contributed by atoms with Crippen LogP contribution in [0.3, 0.4) is 0 Å². The van der Waals surface area contributed by atoms with E-state index in [1.54, 1.807) is 0 Å². The number of carbonyl (C=O) groups excluding carboxylic acids is 1. The molecule has 1 aromatic rings. The van der Waals surface area contributed by atoms with Crippen molar-refractivity contribution in [3.8, 4) is 0 Å². The number of aromatic nitrogens is 1. The van der Waals surface area contributed by atoms with Gasteiger partial charge in [-0.25, -0.2) is 0 Å². The molecule has 0 aliphatic carbocycles. The Balaban J connectivity index is 2.19. The van der Waals surface area contributed by atoms with Crippen LogP contribution in [0, 0.1) is 0 Å². The van der Waals surface area contributed by atoms with Crippen molar-refractivity contribution in [1.82, 2.24) is 9.88 Å². The van der Waals surface area contributed by atoms with Crippen LogP contribution in [0.4, 0.5) is 0 Å². The number of aryl methyl sites for hydroxylation is 1. The maximum atomic E-state index is 11.4. The largest absolute Gasteiger partial charge is 0.327 e. The quantitative estimate of drug-likeness (QED) is 0.682. The minimum atomic E-state index is -0.0516. The molecule has 1 aliphatic rings. The number of hydrogen-bond acceptors (Lipinski definition) is 3. The van der Waals surface area contributed by atoms with Crippen molar-refractivity contribution in [3.63, 3.8) is 0 Å². The first kappa shape index (κ1) is 8.65. The van der Waals surface area contributed by atoms with Crippen LogP contribution in [0.2, 0.25) is 0 Å². The summed E-state index contributed by atoms with van der Waals surface area (Å²) in [5.74, 6) is -0.0516. The normalized spacial score (nSPS) is 22.8. The Labute approximate surface area is 79.9 Å². The van der Waals surface area contributed by atoms with Gasteiger partial charge in [0.1, 0.15) is 0 Å². The minimum absolute atomic E-state index is 0.0397. The Bertz CT molecular complexity index is 375. The van der Waals surface area contributed by atoms with Gasteiger partial charge in [0, 0.05) is 18.6 Å². The van der Waals surface area contributed by atoms with Crippen molar-refractivity contribution >= 4 is 17.2 Å². The molecule has 5 heteroatoms. The average molecular weight is 197 g/mol. The molecule has 4 nitrogen and oxygen atoms in total. The zero-order valence-corrected chi connectivity index (χ0v) is 8.17. The van der Waals surface area contributed by atoms with Crippen molar-refractivity contribution in [3.05, 3.63) is 16.4 Å². The molecule has 0 bridgehead atoms. The van der Waals surface area contributed by atoms with E-state index < -0.39 is 0 Å². The molecule has 0 unspecified atom stereocenters. The molecule has 1 N–H and O–H groups in total. The Morgan fingerprint density at radius 3 is 3.08 bits per heavy atom. The molecule has 2 rings (SSSR count). The SMILES string of the molecule is Cn1ccsc1=NC(=O)[C@H]1CCN1. The Kier molecular flexibility index (Phi) is 2.28. The lowest BCUT2D eigenvalue weighted by atomic mass is 10.1. The number of thiazole rings is 1. The highest BCUT2D eigenvalue weighted by Crippen LogP contribution is 2.03. The van der Waals surface area contributed by atoms with Gasteiger partial charge in [-0.15, -0.1) is 11.3 Å². The summed E-state index contributed by atoms with van der Waals surface area (Å²) in [6.45, 7) is 0.933. The lowest BCUT2D eigenvalue weighted by Gasteiger charge is -2.23. The monoisotopic (exact) mass is 197 g/mol. The smallest absolute Gasteiger partial charge is 0.265 e. The summed E-state index contributed by atoms with van der Waals surface area (Å²) in [6.07, 6.45) is 2.81. The molecule has 1 aliphatic heterocycles. The molecule has 1 amide bonds. The van der Waals surface area contributed by atoms with Gasteiger partial charge >= 0.3 is 0 Å². The summed E-state index contributed by atoms with van der Waals surface area (Å²) in [6, 6.07) is -0.0397. The summed E-state index contributed by atoms with van der Waals surface area (Å²) >= 11 is 1.48. The maximum absolute atomic E-state index is 11.4. The molecule has 70 valence electrons. The van der Waals surface area contributed by atoms with Crippen LogP contribution in [0.15, 0.2) is 16.6 Å². The third kappa shape index (κ3) is 1.71. The highest BCUT2D eigenvalue weighted by atomic mass is 32.1. The number of amides is 1. The van der Waals surface area contributed by atoms with Gasteiger partial charge in [-0.05, 0) is 13.0 Å². The average Bonchev–Trinajstić information content (AvgIpc) is 2.32. The summed E-state index contributed by atoms with van der Waals surface area (Å²) in [5, 5.41) is 4.95. The van der Waals surface area contributed by atoms with Crippen LogP contribution in [0.5, 0.6) is 0 Å². The summed E-state index contributed by atoms with van der Waals surface area (Å²) < 4.78 is 1.85. The molecule has 1 atom stereocenters. The second-order valence-electron chi connectivity index (χ2n) is 3.04. The van der Waals surface area contributed by atoms with Crippen LogP contribution in [-0.2, 0) is 11.8 Å². The van der Waals surface area contributed by atoms with Gasteiger partial charge in [0.05, 0.1) is 6.04 Å². The van der Waals surface area contributed by atoms with E-state index in [2.05, 4.69) is 10.3 Å². The zero-order valence-electron chi connectivity index (χ0n) is 7.36. The number of nitrogens with one attached hydrogen (secondary N) is 1. The first-order valence-corrected chi connectivity index (χ1v) is 5.07. The Morgan fingerprint density at radius 1 is 1.85 bits per heavy atom. The van der Waals surface area contributed by atoms with Crippen molar-refractivity contribution in [2.75, 3.05) is 6.54 Å². The minimum Gasteiger partial charge on any atom is -0.327 e. The van der Waals surface area contributed by atoms with E-state index in [1.165, 1.54) is 11.3 Å². The van der Waals surface area contributed by atoms with Crippen LogP contribution < -0.4 is 10.1 Å². The fourth-order valence-electron chi connectivity index (χ4n) is 1.11. The maximum Gasteiger partial charge on any atom is 0.265 e. The summed E-state index contributed by atoms with van der Waals surface area (Å²) in [5.41, 5.74) is 0. The topological polar surface area (TPSA) is 46.4 Å². The van der Waals surface area contributed by atoms with Gasteiger partial charge in [0.25, 0.3) is 5.91 Å². The number of nitrogens with zero attached hydrogens (tertiary/aromatic N) is 2. The Hall–Kier alpha value is -0.940. The summed E-state index contributed by atoms with van der Waals surface area (Å²) in [7, 11) is 1.89. The van der Waals surface area contributed by atoms with E-state index in [9.17, 15) is 4.79 Å². The first-order chi connectivity index (χ1) is 6.27. The van der Waals surface area contributed by atoms with Crippen LogP contribution >= 0.6 is 11.3 Å². The van der Waals surface area contributed by atoms with E-state index in [0.717, 1.165) is 17.8 Å². The molecule has 0 radical (unpaired) electrons. The molecule has 0 saturated carbocycles. The molecular formula is C8H11N3OS. The van der Waals surface area contributed by atoms with Crippen molar-refractivity contribution < 1.29 is 4.79 Å². The highest BCUT2D eigenvalue weighted by Gasteiger charge is 2.23. The fraction of sp³-hybridized carbons (Fsp3) is 0.500. The molecule has 13 heavy (non-hydrogen) atoms. The molecule has 2 heterocycles. The first-order valence-electron chi connectivity index (χ1n) is 4.19. The second kappa shape index (κ2) is 3.43. The molecule has 0 spiro atoms. The molecular weight excluding hydrogens is 186 g/mol. The number of hydrogen-bond donors (Lipinski definition) is 1. The summed E-state index contributed by atoms with van der Waals surface area (Å²) in [4.78, 5) is 16.2. The zero-order chi connectivity index (χ0) is 9.26. The van der Waals surface area contributed by atoms with E-state index in [-0.39, 0.29) is 11.9 Å². The third-order valence-corrected chi connectivity index (χ3v) is 2.94. The molecule has 1 fully saturated rings. The molecule has 1 aromatic heterocycles.